The van der Waals surface area contributed by atoms with Crippen LogP contribution in [0.15, 0.2) is 42.5 Å². The molecule has 0 radical (unpaired) electrons. The number of rotatable bonds is 4. The van der Waals surface area contributed by atoms with Crippen LogP contribution in [0, 0.1) is 0 Å². The molecule has 0 unspecified atom stereocenters. The molecule has 0 amide bonds. The number of Topliss-reactive ketones (excluding diaryl/α,β-unsaturated/α-hetero) is 1. The molecule has 0 bridgehead atoms. The number of carbonyl (C=O) groups is 1. The summed E-state index contributed by atoms with van der Waals surface area (Å²) >= 11 is 0. The predicted molar refractivity (Wildman–Crippen MR) is 72.4 cm³/mol. The number of nitrogens with two attached hydrogens (primary N) is 2. The number of hydrogen-bond acceptors (Lipinski definition) is 5. The Balaban J connectivity index is 2.38. The highest BCUT2D eigenvalue weighted by Gasteiger charge is 2.14. The molecule has 0 saturated carbocycles. The first-order chi connectivity index (χ1) is 9.11. The van der Waals surface area contributed by atoms with Crippen LogP contribution in [-0.2, 0) is 0 Å². The van der Waals surface area contributed by atoms with Gasteiger partial charge in [-0.05, 0) is 18.2 Å². The number of benzene rings is 2. The summed E-state index contributed by atoms with van der Waals surface area (Å²) in [5.41, 5.74) is 11.4. The van der Waals surface area contributed by atoms with Crippen LogP contribution in [0.1, 0.15) is 10.4 Å². The second kappa shape index (κ2) is 5.41. The van der Waals surface area contributed by atoms with E-state index in [0.29, 0.717) is 11.5 Å². The summed E-state index contributed by atoms with van der Waals surface area (Å²) < 4.78 is 5.57. The van der Waals surface area contributed by atoms with Crippen LogP contribution in [0.4, 0.5) is 5.69 Å². The van der Waals surface area contributed by atoms with Gasteiger partial charge in [-0.1, -0.05) is 18.2 Å². The van der Waals surface area contributed by atoms with Gasteiger partial charge in [-0.3, -0.25) is 4.79 Å². The molecule has 0 atom stereocenters. The van der Waals surface area contributed by atoms with E-state index < -0.39 is 0 Å². The van der Waals surface area contributed by atoms with Gasteiger partial charge >= 0.3 is 0 Å². The number of carbonyl (C=O) groups excluding carboxylic acids is 1. The van der Waals surface area contributed by atoms with Crippen LogP contribution < -0.4 is 16.2 Å². The molecule has 0 spiro atoms. The summed E-state index contributed by atoms with van der Waals surface area (Å²) in [6.45, 7) is -0.192. The molecule has 0 saturated heterocycles. The Morgan fingerprint density at radius 1 is 1.21 bits per heavy atom. The Bertz CT molecular complexity index is 597. The third-order valence-electron chi connectivity index (χ3n) is 2.58. The Hall–Kier alpha value is -2.53. The zero-order valence-corrected chi connectivity index (χ0v) is 10.2. The molecule has 5 heteroatoms. The van der Waals surface area contributed by atoms with E-state index in [9.17, 15) is 9.90 Å². The number of anilines is 1. The first kappa shape index (κ1) is 12.9. The van der Waals surface area contributed by atoms with E-state index in [-0.39, 0.29) is 29.3 Å². The normalized spacial score (nSPS) is 10.2. The number of ketones is 1. The molecule has 2 aromatic carbocycles. The van der Waals surface area contributed by atoms with Crippen molar-refractivity contribution in [2.24, 2.45) is 5.73 Å². The molecule has 0 aromatic heterocycles. The summed E-state index contributed by atoms with van der Waals surface area (Å²) in [5.74, 6) is 0.315. The molecule has 0 aliphatic rings. The number of para-hydroxylation sites is 1. The maximum absolute atomic E-state index is 11.6. The first-order valence-corrected chi connectivity index (χ1v) is 5.70. The van der Waals surface area contributed by atoms with Crippen LogP contribution >= 0.6 is 0 Å². The van der Waals surface area contributed by atoms with Crippen molar-refractivity contribution in [1.82, 2.24) is 0 Å². The first-order valence-electron chi connectivity index (χ1n) is 5.70. The van der Waals surface area contributed by atoms with Gasteiger partial charge in [-0.15, -0.1) is 0 Å². The quantitative estimate of drug-likeness (QED) is 0.574. The van der Waals surface area contributed by atoms with Crippen molar-refractivity contribution >= 4 is 11.5 Å². The van der Waals surface area contributed by atoms with E-state index in [1.54, 1.807) is 12.1 Å². The van der Waals surface area contributed by atoms with E-state index in [2.05, 4.69) is 0 Å². The third-order valence-corrected chi connectivity index (χ3v) is 2.58. The van der Waals surface area contributed by atoms with Crippen molar-refractivity contribution < 1.29 is 14.6 Å². The SMILES string of the molecule is NCC(=O)c1cc(Oc2ccccc2)c(N)cc1O. The minimum atomic E-state index is -0.379. The fourth-order valence-corrected chi connectivity index (χ4v) is 1.62. The Morgan fingerprint density at radius 2 is 1.89 bits per heavy atom. The highest BCUT2D eigenvalue weighted by Crippen LogP contribution is 2.33. The number of ether oxygens (including phenoxy) is 1. The average molecular weight is 258 g/mol. The lowest BCUT2D eigenvalue weighted by Gasteiger charge is -2.11. The fraction of sp³-hybridized carbons (Fsp3) is 0.0714. The van der Waals surface area contributed by atoms with E-state index >= 15 is 0 Å². The van der Waals surface area contributed by atoms with Crippen molar-refractivity contribution in [3.05, 3.63) is 48.0 Å². The molecule has 19 heavy (non-hydrogen) atoms. The number of hydrogen-bond donors (Lipinski definition) is 3. The molecule has 0 aliphatic carbocycles. The number of aromatic hydroxyl groups is 1. The molecule has 98 valence electrons. The minimum Gasteiger partial charge on any atom is -0.507 e. The topological polar surface area (TPSA) is 98.6 Å². The van der Waals surface area contributed by atoms with E-state index in [4.69, 9.17) is 16.2 Å². The zero-order chi connectivity index (χ0) is 13.8. The molecule has 2 aromatic rings. The summed E-state index contributed by atoms with van der Waals surface area (Å²) in [5, 5.41) is 9.67. The smallest absolute Gasteiger partial charge is 0.180 e. The number of nitrogen functional groups attached to an aromatic ring is 1. The summed E-state index contributed by atoms with van der Waals surface area (Å²) in [4.78, 5) is 11.6. The molecular weight excluding hydrogens is 244 g/mol. The van der Waals surface area contributed by atoms with Gasteiger partial charge in [0.25, 0.3) is 0 Å². The average Bonchev–Trinajstić information content (AvgIpc) is 2.42. The molecule has 0 aliphatic heterocycles. The standard InChI is InChI=1S/C14H14N2O3/c15-8-13(18)10-6-14(11(16)7-12(10)17)19-9-4-2-1-3-5-9/h1-7,17H,8,15-16H2. The number of phenolic OH excluding ortho intramolecular Hbond substituents is 1. The fourth-order valence-electron chi connectivity index (χ4n) is 1.62. The largest absolute Gasteiger partial charge is 0.507 e. The molecule has 5 N–H and O–H groups in total. The van der Waals surface area contributed by atoms with Gasteiger partial charge in [0.15, 0.2) is 11.5 Å². The van der Waals surface area contributed by atoms with Gasteiger partial charge in [-0.25, -0.2) is 0 Å². The highest BCUT2D eigenvalue weighted by atomic mass is 16.5. The monoisotopic (exact) mass is 258 g/mol. The van der Waals surface area contributed by atoms with Crippen LogP contribution in [-0.4, -0.2) is 17.4 Å². The van der Waals surface area contributed by atoms with E-state index in [1.807, 2.05) is 18.2 Å². The van der Waals surface area contributed by atoms with Gasteiger partial charge in [0.1, 0.15) is 11.5 Å². The second-order valence-corrected chi connectivity index (χ2v) is 3.95. The lowest BCUT2D eigenvalue weighted by molar-refractivity contribution is 0.0998. The minimum absolute atomic E-state index is 0.0997. The van der Waals surface area contributed by atoms with Crippen molar-refractivity contribution in [1.29, 1.82) is 0 Å². The maximum Gasteiger partial charge on any atom is 0.180 e. The second-order valence-electron chi connectivity index (χ2n) is 3.95. The summed E-state index contributed by atoms with van der Waals surface area (Å²) in [6.07, 6.45) is 0. The molecule has 5 nitrogen and oxygen atoms in total. The van der Waals surface area contributed by atoms with Gasteiger partial charge in [0, 0.05) is 6.07 Å². The van der Waals surface area contributed by atoms with Gasteiger partial charge in [0.2, 0.25) is 0 Å². The predicted octanol–water partition coefficient (Wildman–Crippen LogP) is 1.91. The van der Waals surface area contributed by atoms with Gasteiger partial charge in [-0.2, -0.15) is 0 Å². The van der Waals surface area contributed by atoms with Crippen LogP contribution in [0.5, 0.6) is 17.2 Å². The lowest BCUT2D eigenvalue weighted by Crippen LogP contribution is -2.14. The summed E-state index contributed by atoms with van der Waals surface area (Å²) in [7, 11) is 0. The molecular formula is C14H14N2O3. The van der Waals surface area contributed by atoms with Crippen molar-refractivity contribution in [2.75, 3.05) is 12.3 Å². The van der Waals surface area contributed by atoms with Crippen LogP contribution in [0.2, 0.25) is 0 Å². The van der Waals surface area contributed by atoms with Crippen molar-refractivity contribution in [3.63, 3.8) is 0 Å². The van der Waals surface area contributed by atoms with E-state index in [0.717, 1.165) is 0 Å². The van der Waals surface area contributed by atoms with Gasteiger partial charge in [0.05, 0.1) is 17.8 Å². The van der Waals surface area contributed by atoms with Crippen LogP contribution in [0.25, 0.3) is 0 Å². The van der Waals surface area contributed by atoms with Crippen molar-refractivity contribution in [3.8, 4) is 17.2 Å². The highest BCUT2D eigenvalue weighted by molar-refractivity contribution is 6.01. The number of phenols is 1. The lowest BCUT2D eigenvalue weighted by atomic mass is 10.1. The Kier molecular flexibility index (Phi) is 3.68. The Morgan fingerprint density at radius 3 is 2.53 bits per heavy atom. The third kappa shape index (κ3) is 2.83. The van der Waals surface area contributed by atoms with Gasteiger partial charge < -0.3 is 21.3 Å². The molecule has 2 rings (SSSR count). The molecule has 0 fully saturated rings. The zero-order valence-electron chi connectivity index (χ0n) is 10.2. The summed E-state index contributed by atoms with van der Waals surface area (Å²) in [6, 6.07) is 11.7. The Labute approximate surface area is 110 Å². The van der Waals surface area contributed by atoms with E-state index in [1.165, 1.54) is 12.1 Å². The molecule has 0 heterocycles. The maximum atomic E-state index is 11.6. The van der Waals surface area contributed by atoms with Crippen molar-refractivity contribution in [2.45, 2.75) is 0 Å². The van der Waals surface area contributed by atoms with Crippen LogP contribution in [0.3, 0.4) is 0 Å².